The number of carbonyl (C=O) groups is 5. The maximum Gasteiger partial charge on any atom is 0.322 e. The van der Waals surface area contributed by atoms with Crippen LogP contribution in [0, 0.1) is 5.92 Å². The van der Waals surface area contributed by atoms with Gasteiger partial charge in [-0.1, -0.05) is 13.8 Å². The molecule has 0 saturated carbocycles. The highest BCUT2D eigenvalue weighted by Gasteiger charge is 2.28. The number of rotatable bonds is 16. The number of aliphatic carboxylic acids is 2. The molecule has 0 aliphatic rings. The third kappa shape index (κ3) is 13.2. The second-order valence-electron chi connectivity index (χ2n) is 7.69. The molecule has 0 spiro atoms. The van der Waals surface area contributed by atoms with Crippen molar-refractivity contribution in [1.29, 1.82) is 0 Å². The Morgan fingerprint density at radius 1 is 0.839 bits per heavy atom. The summed E-state index contributed by atoms with van der Waals surface area (Å²) in [6.07, 6.45) is 1.13. The lowest BCUT2D eigenvalue weighted by Gasteiger charge is -2.24. The quantitative estimate of drug-likeness (QED) is 0.138. The number of carboxylic acid groups (broad SMARTS) is 2. The number of carboxylic acids is 2. The van der Waals surface area contributed by atoms with Crippen LogP contribution in [-0.4, -0.2) is 71.1 Å². The molecule has 3 amide bonds. The van der Waals surface area contributed by atoms with Crippen molar-refractivity contribution in [2.24, 2.45) is 17.4 Å². The zero-order valence-corrected chi connectivity index (χ0v) is 18.1. The number of nitrogens with one attached hydrogen (secondary N) is 3. The fourth-order valence-corrected chi connectivity index (χ4v) is 2.75. The molecular weight excluding hydrogens is 410 g/mol. The second-order valence-corrected chi connectivity index (χ2v) is 7.69. The topological polar surface area (TPSA) is 214 Å². The molecule has 178 valence electrons. The molecule has 0 fully saturated rings. The highest BCUT2D eigenvalue weighted by molar-refractivity contribution is 5.93. The van der Waals surface area contributed by atoms with Crippen molar-refractivity contribution < 1.29 is 34.2 Å². The largest absolute Gasteiger partial charge is 0.481 e. The monoisotopic (exact) mass is 445 g/mol. The Labute approximate surface area is 181 Å². The summed E-state index contributed by atoms with van der Waals surface area (Å²) in [7, 11) is 0. The molecule has 0 rings (SSSR count). The average Bonchev–Trinajstić information content (AvgIpc) is 2.67. The van der Waals surface area contributed by atoms with Crippen molar-refractivity contribution in [3.8, 4) is 0 Å². The van der Waals surface area contributed by atoms with E-state index in [9.17, 15) is 24.0 Å². The fourth-order valence-electron chi connectivity index (χ4n) is 2.75. The van der Waals surface area contributed by atoms with Crippen molar-refractivity contribution in [2.75, 3.05) is 13.1 Å². The van der Waals surface area contributed by atoms with Gasteiger partial charge in [-0.2, -0.15) is 0 Å². The SMILES string of the molecule is CC(C)CC(N)C(=O)NC(CCCCN)C(=O)NC(CCC(=O)O)C(=O)NCC(=O)O. The summed E-state index contributed by atoms with van der Waals surface area (Å²) in [6.45, 7) is 3.52. The molecule has 31 heavy (non-hydrogen) atoms. The lowest BCUT2D eigenvalue weighted by molar-refractivity contribution is -0.140. The van der Waals surface area contributed by atoms with Crippen molar-refractivity contribution in [1.82, 2.24) is 16.0 Å². The highest BCUT2D eigenvalue weighted by atomic mass is 16.4. The van der Waals surface area contributed by atoms with E-state index < -0.39 is 60.8 Å². The van der Waals surface area contributed by atoms with Crippen LogP contribution < -0.4 is 27.4 Å². The predicted octanol–water partition coefficient (Wildman–Crippen LogP) is -1.48. The van der Waals surface area contributed by atoms with Crippen LogP contribution in [0.1, 0.15) is 52.4 Å². The van der Waals surface area contributed by atoms with Gasteiger partial charge in [0.2, 0.25) is 17.7 Å². The Balaban J connectivity index is 5.28. The molecule has 12 nitrogen and oxygen atoms in total. The zero-order valence-electron chi connectivity index (χ0n) is 18.1. The fraction of sp³-hybridized carbons (Fsp3) is 0.737. The van der Waals surface area contributed by atoms with Gasteiger partial charge in [0.1, 0.15) is 18.6 Å². The minimum Gasteiger partial charge on any atom is -0.481 e. The number of carbonyl (C=O) groups excluding carboxylic acids is 3. The van der Waals surface area contributed by atoms with E-state index in [1.54, 1.807) is 0 Å². The Morgan fingerprint density at radius 2 is 1.42 bits per heavy atom. The van der Waals surface area contributed by atoms with Crippen LogP contribution in [0.25, 0.3) is 0 Å². The van der Waals surface area contributed by atoms with Gasteiger partial charge in [-0.3, -0.25) is 24.0 Å². The molecule has 3 atom stereocenters. The third-order valence-electron chi connectivity index (χ3n) is 4.34. The van der Waals surface area contributed by atoms with Crippen LogP contribution in [0.2, 0.25) is 0 Å². The molecule has 0 heterocycles. The molecule has 0 radical (unpaired) electrons. The van der Waals surface area contributed by atoms with E-state index >= 15 is 0 Å². The minimum absolute atomic E-state index is 0.170. The summed E-state index contributed by atoms with van der Waals surface area (Å²) in [5.41, 5.74) is 11.3. The average molecular weight is 446 g/mol. The summed E-state index contributed by atoms with van der Waals surface area (Å²) in [5, 5.41) is 24.7. The molecule has 0 aromatic heterocycles. The van der Waals surface area contributed by atoms with Gasteiger partial charge in [-0.25, -0.2) is 0 Å². The van der Waals surface area contributed by atoms with E-state index in [-0.39, 0.29) is 18.8 Å². The van der Waals surface area contributed by atoms with E-state index in [4.69, 9.17) is 21.7 Å². The predicted molar refractivity (Wildman–Crippen MR) is 112 cm³/mol. The first-order chi connectivity index (χ1) is 14.5. The van der Waals surface area contributed by atoms with Gasteiger partial charge in [-0.05, 0) is 44.6 Å². The van der Waals surface area contributed by atoms with Gasteiger partial charge in [0.15, 0.2) is 0 Å². The van der Waals surface area contributed by atoms with Crippen LogP contribution >= 0.6 is 0 Å². The molecule has 0 bridgehead atoms. The van der Waals surface area contributed by atoms with E-state index in [0.717, 1.165) is 0 Å². The van der Waals surface area contributed by atoms with Crippen LogP contribution in [0.4, 0.5) is 0 Å². The smallest absolute Gasteiger partial charge is 0.322 e. The Hall–Kier alpha value is -2.73. The first-order valence-electron chi connectivity index (χ1n) is 10.3. The summed E-state index contributed by atoms with van der Waals surface area (Å²) < 4.78 is 0. The Kier molecular flexibility index (Phi) is 13.8. The number of nitrogens with two attached hydrogens (primary N) is 2. The van der Waals surface area contributed by atoms with Crippen molar-refractivity contribution in [2.45, 2.75) is 70.5 Å². The summed E-state index contributed by atoms with van der Waals surface area (Å²) >= 11 is 0. The van der Waals surface area contributed by atoms with Crippen molar-refractivity contribution in [3.63, 3.8) is 0 Å². The van der Waals surface area contributed by atoms with Crippen molar-refractivity contribution in [3.05, 3.63) is 0 Å². The van der Waals surface area contributed by atoms with Crippen LogP contribution in [-0.2, 0) is 24.0 Å². The van der Waals surface area contributed by atoms with Gasteiger partial charge in [0.25, 0.3) is 0 Å². The highest BCUT2D eigenvalue weighted by Crippen LogP contribution is 2.07. The first-order valence-corrected chi connectivity index (χ1v) is 10.3. The van der Waals surface area contributed by atoms with Gasteiger partial charge in [0.05, 0.1) is 6.04 Å². The first kappa shape index (κ1) is 28.3. The number of amides is 3. The summed E-state index contributed by atoms with van der Waals surface area (Å²) in [4.78, 5) is 58.9. The van der Waals surface area contributed by atoms with Crippen LogP contribution in [0.15, 0.2) is 0 Å². The lowest BCUT2D eigenvalue weighted by atomic mass is 10.0. The summed E-state index contributed by atoms with van der Waals surface area (Å²) in [5.74, 6) is -4.34. The normalized spacial score (nSPS) is 13.7. The molecule has 3 unspecified atom stereocenters. The lowest BCUT2D eigenvalue weighted by Crippen LogP contribution is -2.56. The van der Waals surface area contributed by atoms with Crippen LogP contribution in [0.5, 0.6) is 0 Å². The van der Waals surface area contributed by atoms with Gasteiger partial charge < -0.3 is 37.6 Å². The van der Waals surface area contributed by atoms with Crippen LogP contribution in [0.3, 0.4) is 0 Å². The molecule has 0 aliphatic heterocycles. The second kappa shape index (κ2) is 15.1. The maximum absolute atomic E-state index is 12.8. The summed E-state index contributed by atoms with van der Waals surface area (Å²) in [6, 6.07) is -3.09. The van der Waals surface area contributed by atoms with E-state index in [1.807, 2.05) is 13.8 Å². The third-order valence-corrected chi connectivity index (χ3v) is 4.34. The maximum atomic E-state index is 12.8. The zero-order chi connectivity index (χ0) is 24.0. The van der Waals surface area contributed by atoms with E-state index in [0.29, 0.717) is 25.8 Å². The molecule has 0 aromatic carbocycles. The van der Waals surface area contributed by atoms with E-state index in [1.165, 1.54) is 0 Å². The molecule has 9 N–H and O–H groups in total. The molecule has 0 saturated heterocycles. The molecule has 0 aromatic rings. The van der Waals surface area contributed by atoms with E-state index in [2.05, 4.69) is 16.0 Å². The van der Waals surface area contributed by atoms with Crippen molar-refractivity contribution >= 4 is 29.7 Å². The standard InChI is InChI=1S/C19H35N5O7/c1-11(2)9-12(21)17(29)23-13(5-3-4-8-20)19(31)24-14(6-7-15(25)26)18(30)22-10-16(27)28/h11-14H,3-10,20-21H2,1-2H3,(H,22,30)(H,23,29)(H,24,31)(H,25,26)(H,27,28). The Bertz CT molecular complexity index is 627. The number of unbranched alkanes of at least 4 members (excludes halogenated alkanes) is 1. The van der Waals surface area contributed by atoms with Gasteiger partial charge in [0, 0.05) is 6.42 Å². The van der Waals surface area contributed by atoms with Gasteiger partial charge >= 0.3 is 11.9 Å². The number of hydrogen-bond donors (Lipinski definition) is 7. The Morgan fingerprint density at radius 3 is 1.94 bits per heavy atom. The molecule has 0 aliphatic carbocycles. The molecule has 12 heteroatoms. The van der Waals surface area contributed by atoms with Gasteiger partial charge in [-0.15, -0.1) is 0 Å². The number of hydrogen-bond acceptors (Lipinski definition) is 7. The minimum atomic E-state index is -1.29. The molecular formula is C19H35N5O7.